The molecule has 0 fully saturated rings. The van der Waals surface area contributed by atoms with Crippen LogP contribution in [0, 0.1) is 20.8 Å². The number of hydrogen-bond donors (Lipinski definition) is 1. The highest BCUT2D eigenvalue weighted by molar-refractivity contribution is 5.53. The lowest BCUT2D eigenvalue weighted by atomic mass is 10.1. The van der Waals surface area contributed by atoms with Gasteiger partial charge >= 0.3 is 0 Å². The normalized spacial score (nSPS) is 11.1. The molecule has 0 atom stereocenters. The lowest BCUT2D eigenvalue weighted by Gasteiger charge is -2.19. The molecule has 2 N–H and O–H groups in total. The molecule has 1 aromatic carbocycles. The van der Waals surface area contributed by atoms with E-state index in [2.05, 4.69) is 48.1 Å². The first kappa shape index (κ1) is 14.5. The maximum atomic E-state index is 6.07. The van der Waals surface area contributed by atoms with Gasteiger partial charge in [-0.15, -0.1) is 0 Å². The summed E-state index contributed by atoms with van der Waals surface area (Å²) < 4.78 is 0. The number of rotatable bonds is 4. The third-order valence-electron chi connectivity index (χ3n) is 3.63. The topological polar surface area (TPSA) is 42.2 Å². The molecule has 0 aliphatic rings. The fraction of sp³-hybridized carbons (Fsp3) is 0.353. The minimum atomic E-state index is 0.810. The van der Waals surface area contributed by atoms with Crippen molar-refractivity contribution < 1.29 is 0 Å². The minimum Gasteiger partial charge on any atom is -0.398 e. The third kappa shape index (κ3) is 3.36. The van der Waals surface area contributed by atoms with Crippen molar-refractivity contribution in [1.29, 1.82) is 0 Å². The zero-order valence-corrected chi connectivity index (χ0v) is 12.8. The van der Waals surface area contributed by atoms with Gasteiger partial charge in [0.1, 0.15) is 0 Å². The summed E-state index contributed by atoms with van der Waals surface area (Å²) in [6, 6.07) is 8.61. The highest BCUT2D eigenvalue weighted by Crippen LogP contribution is 2.19. The van der Waals surface area contributed by atoms with Gasteiger partial charge in [0.2, 0.25) is 0 Å². The number of anilines is 1. The molecule has 1 heterocycles. The van der Waals surface area contributed by atoms with Gasteiger partial charge in [-0.2, -0.15) is 0 Å². The van der Waals surface area contributed by atoms with Gasteiger partial charge in [-0.3, -0.25) is 9.88 Å². The highest BCUT2D eigenvalue weighted by Gasteiger charge is 2.09. The van der Waals surface area contributed by atoms with E-state index in [1.165, 1.54) is 11.1 Å². The Kier molecular flexibility index (Phi) is 4.40. The van der Waals surface area contributed by atoms with Crippen molar-refractivity contribution in [2.45, 2.75) is 33.9 Å². The van der Waals surface area contributed by atoms with Gasteiger partial charge in [0.15, 0.2) is 0 Å². The monoisotopic (exact) mass is 269 g/mol. The van der Waals surface area contributed by atoms with Crippen LogP contribution in [0.3, 0.4) is 0 Å². The number of benzene rings is 1. The second-order valence-corrected chi connectivity index (χ2v) is 5.59. The summed E-state index contributed by atoms with van der Waals surface area (Å²) in [5.74, 6) is 0. The van der Waals surface area contributed by atoms with Crippen molar-refractivity contribution in [3.63, 3.8) is 0 Å². The maximum Gasteiger partial charge on any atom is 0.0593 e. The van der Waals surface area contributed by atoms with E-state index in [0.29, 0.717) is 0 Å². The molecule has 106 valence electrons. The number of pyridine rings is 1. The Morgan fingerprint density at radius 1 is 1.15 bits per heavy atom. The van der Waals surface area contributed by atoms with Crippen LogP contribution in [0.1, 0.15) is 27.9 Å². The number of hydrogen-bond acceptors (Lipinski definition) is 3. The molecule has 2 aromatic rings. The molecule has 0 amide bonds. The Morgan fingerprint density at radius 2 is 1.90 bits per heavy atom. The zero-order chi connectivity index (χ0) is 14.7. The van der Waals surface area contributed by atoms with Crippen molar-refractivity contribution in [2.75, 3.05) is 12.8 Å². The van der Waals surface area contributed by atoms with Crippen LogP contribution in [0.4, 0.5) is 5.69 Å². The smallest absolute Gasteiger partial charge is 0.0593 e. The van der Waals surface area contributed by atoms with Gasteiger partial charge < -0.3 is 5.73 Å². The van der Waals surface area contributed by atoms with Gasteiger partial charge in [0.25, 0.3) is 0 Å². The van der Waals surface area contributed by atoms with E-state index >= 15 is 0 Å². The summed E-state index contributed by atoms with van der Waals surface area (Å²) in [4.78, 5) is 6.78. The fourth-order valence-electron chi connectivity index (χ4n) is 2.39. The number of aromatic nitrogens is 1. The Labute approximate surface area is 121 Å². The van der Waals surface area contributed by atoms with Crippen LogP contribution in [-0.4, -0.2) is 16.9 Å². The van der Waals surface area contributed by atoms with Crippen LogP contribution in [0.2, 0.25) is 0 Å². The van der Waals surface area contributed by atoms with Crippen LogP contribution in [-0.2, 0) is 13.1 Å². The van der Waals surface area contributed by atoms with E-state index in [4.69, 9.17) is 5.73 Å². The molecule has 0 saturated carbocycles. The molecule has 3 nitrogen and oxygen atoms in total. The first-order chi connectivity index (χ1) is 9.47. The highest BCUT2D eigenvalue weighted by atomic mass is 15.1. The Balaban J connectivity index is 2.08. The van der Waals surface area contributed by atoms with Gasteiger partial charge in [0, 0.05) is 25.0 Å². The summed E-state index contributed by atoms with van der Waals surface area (Å²) in [5, 5.41) is 0. The van der Waals surface area contributed by atoms with Gasteiger partial charge in [0.05, 0.1) is 5.69 Å². The summed E-state index contributed by atoms with van der Waals surface area (Å²) >= 11 is 0. The van der Waals surface area contributed by atoms with E-state index in [1.54, 1.807) is 0 Å². The second-order valence-electron chi connectivity index (χ2n) is 5.59. The van der Waals surface area contributed by atoms with E-state index in [9.17, 15) is 0 Å². The largest absolute Gasteiger partial charge is 0.398 e. The molecular weight excluding hydrogens is 246 g/mol. The molecule has 0 radical (unpaired) electrons. The number of aryl methyl sites for hydroxylation is 2. The predicted octanol–water partition coefficient (Wildman–Crippen LogP) is 3.22. The van der Waals surface area contributed by atoms with Crippen molar-refractivity contribution >= 4 is 5.69 Å². The lowest BCUT2D eigenvalue weighted by molar-refractivity contribution is 0.314. The zero-order valence-electron chi connectivity index (χ0n) is 12.8. The molecular formula is C17H23N3. The number of nitrogens with zero attached hydrogens (tertiary/aromatic N) is 2. The lowest BCUT2D eigenvalue weighted by Crippen LogP contribution is -2.19. The molecule has 0 bridgehead atoms. The van der Waals surface area contributed by atoms with Crippen LogP contribution in [0.5, 0.6) is 0 Å². The Bertz CT molecular complexity index is 605. The molecule has 0 aliphatic carbocycles. The van der Waals surface area contributed by atoms with Crippen molar-refractivity contribution in [1.82, 2.24) is 9.88 Å². The van der Waals surface area contributed by atoms with Crippen molar-refractivity contribution in [3.05, 3.63) is 58.4 Å². The third-order valence-corrected chi connectivity index (χ3v) is 3.63. The van der Waals surface area contributed by atoms with E-state index < -0.39 is 0 Å². The molecule has 3 heteroatoms. The van der Waals surface area contributed by atoms with Crippen LogP contribution in [0.25, 0.3) is 0 Å². The molecule has 0 unspecified atom stereocenters. The SMILES string of the molecule is Cc1cccc(CN(C)Cc2ncc(C)c(N)c2C)c1. The van der Waals surface area contributed by atoms with Crippen molar-refractivity contribution in [2.24, 2.45) is 0 Å². The average molecular weight is 269 g/mol. The van der Waals surface area contributed by atoms with Gasteiger partial charge in [-0.05, 0) is 44.5 Å². The summed E-state index contributed by atoms with van der Waals surface area (Å²) in [6.07, 6.45) is 1.86. The molecule has 0 aliphatic heterocycles. The van der Waals surface area contributed by atoms with E-state index in [0.717, 1.165) is 35.6 Å². The minimum absolute atomic E-state index is 0.810. The van der Waals surface area contributed by atoms with E-state index in [1.807, 2.05) is 20.0 Å². The molecule has 0 saturated heterocycles. The maximum absolute atomic E-state index is 6.07. The summed E-state index contributed by atoms with van der Waals surface area (Å²) in [6.45, 7) is 7.89. The average Bonchev–Trinajstić information content (AvgIpc) is 2.39. The van der Waals surface area contributed by atoms with Crippen LogP contribution >= 0.6 is 0 Å². The van der Waals surface area contributed by atoms with Crippen LogP contribution < -0.4 is 5.73 Å². The Morgan fingerprint density at radius 3 is 2.60 bits per heavy atom. The molecule has 0 spiro atoms. The quantitative estimate of drug-likeness (QED) is 0.926. The number of nitrogen functional groups attached to an aromatic ring is 1. The van der Waals surface area contributed by atoms with Crippen molar-refractivity contribution in [3.8, 4) is 0 Å². The second kappa shape index (κ2) is 6.06. The first-order valence-electron chi connectivity index (χ1n) is 6.92. The standard InChI is InChI=1S/C17H23N3/c1-12-6-5-7-15(8-12)10-20(4)11-16-14(3)17(18)13(2)9-19-16/h5-9H,10-11H2,1-4H3,(H2,18,19). The molecule has 20 heavy (non-hydrogen) atoms. The van der Waals surface area contributed by atoms with Crippen LogP contribution in [0.15, 0.2) is 30.5 Å². The van der Waals surface area contributed by atoms with Gasteiger partial charge in [-0.1, -0.05) is 29.8 Å². The summed E-state index contributed by atoms with van der Waals surface area (Å²) in [5.41, 5.74) is 12.8. The van der Waals surface area contributed by atoms with Gasteiger partial charge in [-0.25, -0.2) is 0 Å². The summed E-state index contributed by atoms with van der Waals surface area (Å²) in [7, 11) is 2.11. The Hall–Kier alpha value is -1.87. The molecule has 2 rings (SSSR count). The predicted molar refractivity (Wildman–Crippen MR) is 84.5 cm³/mol. The fourth-order valence-corrected chi connectivity index (χ4v) is 2.39. The molecule has 1 aromatic heterocycles. The van der Waals surface area contributed by atoms with E-state index in [-0.39, 0.29) is 0 Å². The first-order valence-corrected chi connectivity index (χ1v) is 6.92. The number of nitrogens with two attached hydrogens (primary N) is 1.